The molecule has 34 heavy (non-hydrogen) atoms. The Balaban J connectivity index is 1.35. The summed E-state index contributed by atoms with van der Waals surface area (Å²) < 4.78 is 5.96. The number of benzene rings is 2. The summed E-state index contributed by atoms with van der Waals surface area (Å²) in [5, 5.41) is 17.2. The van der Waals surface area contributed by atoms with Crippen LogP contribution in [0.15, 0.2) is 58.1 Å². The van der Waals surface area contributed by atoms with Crippen molar-refractivity contribution in [2.24, 2.45) is 0 Å². The summed E-state index contributed by atoms with van der Waals surface area (Å²) >= 11 is 0. The van der Waals surface area contributed by atoms with E-state index in [1.807, 2.05) is 24.3 Å². The van der Waals surface area contributed by atoms with E-state index in [0.29, 0.717) is 17.1 Å². The third-order valence-corrected chi connectivity index (χ3v) is 6.28. The van der Waals surface area contributed by atoms with Gasteiger partial charge in [0, 0.05) is 23.9 Å². The topological polar surface area (TPSA) is 111 Å². The normalized spacial score (nSPS) is 18.4. The number of nitro benzene ring substituents is 1. The van der Waals surface area contributed by atoms with Crippen LogP contribution in [0.25, 0.3) is 0 Å². The number of nitrogens with zero attached hydrogens (tertiary/aromatic N) is 1. The van der Waals surface area contributed by atoms with Crippen LogP contribution in [0.2, 0.25) is 0 Å². The largest absolute Gasteiger partial charge is 0.490 e. The van der Waals surface area contributed by atoms with Crippen LogP contribution in [0.5, 0.6) is 5.75 Å². The SMILES string of the molecule is CC(C)(C)c1cccc(Nc2c(NC3CCC(Oc4ccc([N+](=O)[O-])cc4)CC3)c(=O)c2=O)c1. The molecule has 3 aromatic rings. The molecule has 1 saturated carbocycles. The number of nitrogens with one attached hydrogen (secondary N) is 2. The fourth-order valence-electron chi connectivity index (χ4n) is 4.22. The predicted molar refractivity (Wildman–Crippen MR) is 133 cm³/mol. The first kappa shape index (κ1) is 23.5. The minimum absolute atomic E-state index is 0.00458. The zero-order chi connectivity index (χ0) is 24.5. The smallest absolute Gasteiger partial charge is 0.269 e. The predicted octanol–water partition coefficient (Wildman–Crippen LogP) is 5.03. The zero-order valence-corrected chi connectivity index (χ0v) is 19.6. The molecule has 0 heterocycles. The first-order valence-electron chi connectivity index (χ1n) is 11.5. The monoisotopic (exact) mass is 463 g/mol. The average molecular weight is 464 g/mol. The van der Waals surface area contributed by atoms with Crippen LogP contribution >= 0.6 is 0 Å². The van der Waals surface area contributed by atoms with Crippen LogP contribution in [0.1, 0.15) is 52.0 Å². The molecule has 1 aliphatic carbocycles. The van der Waals surface area contributed by atoms with Crippen LogP contribution in [0.4, 0.5) is 22.7 Å². The van der Waals surface area contributed by atoms with Crippen molar-refractivity contribution in [2.75, 3.05) is 10.6 Å². The van der Waals surface area contributed by atoms with Crippen LogP contribution in [0, 0.1) is 10.1 Å². The highest BCUT2D eigenvalue weighted by atomic mass is 16.6. The van der Waals surface area contributed by atoms with Crippen LogP contribution in [0.3, 0.4) is 0 Å². The van der Waals surface area contributed by atoms with Crippen LogP contribution in [-0.4, -0.2) is 17.1 Å². The molecule has 0 atom stereocenters. The highest BCUT2D eigenvalue weighted by Crippen LogP contribution is 2.30. The number of anilines is 3. The quantitative estimate of drug-likeness (QED) is 0.287. The first-order valence-corrected chi connectivity index (χ1v) is 11.5. The molecule has 2 N–H and O–H groups in total. The van der Waals surface area contributed by atoms with Gasteiger partial charge in [-0.25, -0.2) is 0 Å². The molecule has 0 radical (unpaired) electrons. The standard InChI is InChI=1S/C26H29N3O5/c1-26(2,3)16-5-4-6-18(15-16)28-23-22(24(30)25(23)31)27-17-7-11-20(12-8-17)34-21-13-9-19(10-14-21)29(32)33/h4-6,9-10,13-15,17,20,27-28H,7-8,11-12H2,1-3H3. The summed E-state index contributed by atoms with van der Waals surface area (Å²) in [5.41, 5.74) is 1.60. The Bertz CT molecular complexity index is 1250. The number of hydrogen-bond donors (Lipinski definition) is 2. The average Bonchev–Trinajstić information content (AvgIpc) is 2.82. The highest BCUT2D eigenvalue weighted by molar-refractivity contribution is 5.79. The van der Waals surface area contributed by atoms with Crippen molar-refractivity contribution < 1.29 is 9.66 Å². The third kappa shape index (κ3) is 5.11. The van der Waals surface area contributed by atoms with Crippen LogP contribution in [-0.2, 0) is 5.41 Å². The maximum absolute atomic E-state index is 12.3. The number of nitro groups is 1. The van der Waals surface area contributed by atoms with Gasteiger partial charge in [-0.15, -0.1) is 0 Å². The van der Waals surface area contributed by atoms with Crippen molar-refractivity contribution in [3.8, 4) is 5.75 Å². The lowest BCUT2D eigenvalue weighted by Crippen LogP contribution is -2.40. The van der Waals surface area contributed by atoms with Gasteiger partial charge in [0.15, 0.2) is 0 Å². The molecule has 0 aliphatic heterocycles. The van der Waals surface area contributed by atoms with E-state index in [4.69, 9.17) is 4.74 Å². The van der Waals surface area contributed by atoms with Crippen molar-refractivity contribution in [3.05, 3.63) is 84.7 Å². The van der Waals surface area contributed by atoms with E-state index in [1.165, 1.54) is 12.1 Å². The molecule has 8 nitrogen and oxygen atoms in total. The molecule has 0 aromatic heterocycles. The maximum atomic E-state index is 12.3. The minimum Gasteiger partial charge on any atom is -0.490 e. The van der Waals surface area contributed by atoms with Gasteiger partial charge in [-0.3, -0.25) is 19.7 Å². The third-order valence-electron chi connectivity index (χ3n) is 6.28. The van der Waals surface area contributed by atoms with Gasteiger partial charge in [-0.05, 0) is 60.9 Å². The Morgan fingerprint density at radius 2 is 1.59 bits per heavy atom. The van der Waals surface area contributed by atoms with Gasteiger partial charge in [-0.2, -0.15) is 0 Å². The Morgan fingerprint density at radius 1 is 0.941 bits per heavy atom. The summed E-state index contributed by atoms with van der Waals surface area (Å²) in [4.78, 5) is 34.9. The molecule has 8 heteroatoms. The Kier molecular flexibility index (Phi) is 6.41. The molecular weight excluding hydrogens is 434 g/mol. The molecule has 0 saturated heterocycles. The van der Waals surface area contributed by atoms with E-state index in [2.05, 4.69) is 31.4 Å². The number of non-ortho nitro benzene ring substituents is 1. The van der Waals surface area contributed by atoms with E-state index >= 15 is 0 Å². The van der Waals surface area contributed by atoms with Crippen LogP contribution < -0.4 is 26.2 Å². The van der Waals surface area contributed by atoms with E-state index in [9.17, 15) is 19.7 Å². The first-order chi connectivity index (χ1) is 16.1. The minimum atomic E-state index is -0.501. The second kappa shape index (κ2) is 9.29. The molecule has 0 unspecified atom stereocenters. The van der Waals surface area contributed by atoms with Gasteiger partial charge in [0.1, 0.15) is 17.1 Å². The van der Waals surface area contributed by atoms with Gasteiger partial charge >= 0.3 is 0 Å². The lowest BCUT2D eigenvalue weighted by atomic mass is 9.87. The Hall–Kier alpha value is -3.68. The lowest BCUT2D eigenvalue weighted by molar-refractivity contribution is -0.384. The maximum Gasteiger partial charge on any atom is 0.269 e. The van der Waals surface area contributed by atoms with E-state index < -0.39 is 15.8 Å². The van der Waals surface area contributed by atoms with Crippen molar-refractivity contribution >= 4 is 22.7 Å². The zero-order valence-electron chi connectivity index (χ0n) is 19.6. The molecule has 1 aliphatic rings. The second-order valence-electron chi connectivity index (χ2n) is 9.85. The summed E-state index contributed by atoms with van der Waals surface area (Å²) in [7, 11) is 0. The fraction of sp³-hybridized carbons (Fsp3) is 0.385. The van der Waals surface area contributed by atoms with Crippen molar-refractivity contribution in [2.45, 2.75) is 64.0 Å². The van der Waals surface area contributed by atoms with E-state index in [0.717, 1.165) is 36.9 Å². The summed E-state index contributed by atoms with van der Waals surface area (Å²) in [6.07, 6.45) is 3.14. The Morgan fingerprint density at radius 3 is 2.21 bits per heavy atom. The molecule has 0 amide bonds. The van der Waals surface area contributed by atoms with Gasteiger partial charge in [0.2, 0.25) is 0 Å². The number of ether oxygens (including phenoxy) is 1. The highest BCUT2D eigenvalue weighted by Gasteiger charge is 2.27. The summed E-state index contributed by atoms with van der Waals surface area (Å²) in [6, 6.07) is 14.0. The fourth-order valence-corrected chi connectivity index (χ4v) is 4.22. The van der Waals surface area contributed by atoms with Gasteiger partial charge < -0.3 is 15.4 Å². The molecule has 4 rings (SSSR count). The number of rotatable bonds is 7. The molecule has 0 spiro atoms. The molecule has 1 fully saturated rings. The lowest BCUT2D eigenvalue weighted by Gasteiger charge is -2.31. The van der Waals surface area contributed by atoms with Gasteiger partial charge in [0.25, 0.3) is 16.5 Å². The molecular formula is C26H29N3O5. The van der Waals surface area contributed by atoms with Gasteiger partial charge in [-0.1, -0.05) is 32.9 Å². The van der Waals surface area contributed by atoms with Crippen molar-refractivity contribution in [1.82, 2.24) is 0 Å². The van der Waals surface area contributed by atoms with E-state index in [1.54, 1.807) is 12.1 Å². The van der Waals surface area contributed by atoms with Gasteiger partial charge in [0.05, 0.1) is 11.0 Å². The molecule has 3 aromatic carbocycles. The summed E-state index contributed by atoms with van der Waals surface area (Å²) in [5.74, 6) is 0.605. The molecule has 178 valence electrons. The second-order valence-corrected chi connectivity index (χ2v) is 9.85. The molecule has 0 bridgehead atoms. The van der Waals surface area contributed by atoms with E-state index in [-0.39, 0.29) is 23.2 Å². The van der Waals surface area contributed by atoms with Crippen molar-refractivity contribution in [1.29, 1.82) is 0 Å². The Labute approximate surface area is 197 Å². The number of hydrogen-bond acceptors (Lipinski definition) is 7. The summed E-state index contributed by atoms with van der Waals surface area (Å²) in [6.45, 7) is 6.37. The van der Waals surface area contributed by atoms with Crippen molar-refractivity contribution in [3.63, 3.8) is 0 Å².